The molecule has 0 atom stereocenters. The summed E-state index contributed by atoms with van der Waals surface area (Å²) in [6.45, 7) is 2.00. The molecule has 0 amide bonds. The average Bonchev–Trinajstić information content (AvgIpc) is 2.74. The third-order valence-corrected chi connectivity index (χ3v) is 5.29. The van der Waals surface area contributed by atoms with E-state index in [4.69, 9.17) is 21.8 Å². The highest BCUT2D eigenvalue weighted by Gasteiger charge is 2.24. The van der Waals surface area contributed by atoms with Crippen molar-refractivity contribution in [2.75, 3.05) is 12.8 Å². The maximum Gasteiger partial charge on any atom is 0.244 e. The van der Waals surface area contributed by atoms with Crippen LogP contribution < -0.4 is 5.73 Å². The van der Waals surface area contributed by atoms with Gasteiger partial charge in [-0.15, -0.1) is 0 Å². The van der Waals surface area contributed by atoms with E-state index in [1.165, 1.54) is 35.8 Å². The molecular weight excluding hydrogens is 300 g/mol. The SMILES string of the molecule is Cc1occc1CN(C)S(=O)(=O)c1ccc(N)cc1Cl. The predicted octanol–water partition coefficient (Wildman–Crippen LogP) is 2.64. The Kier molecular flexibility index (Phi) is 4.08. The van der Waals surface area contributed by atoms with E-state index in [0.29, 0.717) is 11.4 Å². The number of nitrogen functional groups attached to an aromatic ring is 1. The third kappa shape index (κ3) is 2.82. The van der Waals surface area contributed by atoms with Crippen LogP contribution in [0.25, 0.3) is 0 Å². The van der Waals surface area contributed by atoms with Crippen molar-refractivity contribution in [3.63, 3.8) is 0 Å². The normalized spacial score (nSPS) is 12.0. The Balaban J connectivity index is 2.32. The second kappa shape index (κ2) is 5.47. The summed E-state index contributed by atoms with van der Waals surface area (Å²) in [6.07, 6.45) is 1.53. The molecule has 0 fully saturated rings. The summed E-state index contributed by atoms with van der Waals surface area (Å²) in [5.74, 6) is 0.690. The van der Waals surface area contributed by atoms with Crippen molar-refractivity contribution < 1.29 is 12.8 Å². The third-order valence-electron chi connectivity index (χ3n) is 3.00. The van der Waals surface area contributed by atoms with Gasteiger partial charge in [-0.1, -0.05) is 11.6 Å². The molecule has 0 saturated carbocycles. The van der Waals surface area contributed by atoms with E-state index in [-0.39, 0.29) is 16.5 Å². The van der Waals surface area contributed by atoms with Crippen LogP contribution in [0.5, 0.6) is 0 Å². The zero-order valence-electron chi connectivity index (χ0n) is 11.1. The molecule has 0 saturated heterocycles. The number of hydrogen-bond acceptors (Lipinski definition) is 4. The van der Waals surface area contributed by atoms with Gasteiger partial charge >= 0.3 is 0 Å². The van der Waals surface area contributed by atoms with E-state index in [0.717, 1.165) is 5.56 Å². The van der Waals surface area contributed by atoms with Crippen LogP contribution >= 0.6 is 11.6 Å². The van der Waals surface area contributed by atoms with E-state index in [2.05, 4.69) is 0 Å². The van der Waals surface area contributed by atoms with Crippen LogP contribution in [-0.4, -0.2) is 19.8 Å². The number of furan rings is 1. The Hall–Kier alpha value is -1.50. The largest absolute Gasteiger partial charge is 0.469 e. The molecule has 0 aliphatic rings. The first kappa shape index (κ1) is 14.9. The van der Waals surface area contributed by atoms with Crippen molar-refractivity contribution in [3.05, 3.63) is 46.9 Å². The molecule has 0 radical (unpaired) electrons. The minimum atomic E-state index is -3.68. The molecule has 2 aromatic rings. The van der Waals surface area contributed by atoms with Crippen LogP contribution in [0.2, 0.25) is 5.02 Å². The first-order chi connectivity index (χ1) is 9.32. The summed E-state index contributed by atoms with van der Waals surface area (Å²) in [6, 6.07) is 6.08. The Morgan fingerprint density at radius 2 is 2.05 bits per heavy atom. The highest BCUT2D eigenvalue weighted by molar-refractivity contribution is 7.89. The van der Waals surface area contributed by atoms with Gasteiger partial charge in [0.05, 0.1) is 11.3 Å². The second-order valence-corrected chi connectivity index (χ2v) is 6.87. The van der Waals surface area contributed by atoms with E-state index >= 15 is 0 Å². The number of aryl methyl sites for hydroxylation is 1. The van der Waals surface area contributed by atoms with Gasteiger partial charge in [-0.05, 0) is 31.2 Å². The summed E-state index contributed by atoms with van der Waals surface area (Å²) in [5, 5.41) is 0.112. The number of hydrogen-bond donors (Lipinski definition) is 1. The molecule has 0 unspecified atom stereocenters. The van der Waals surface area contributed by atoms with Crippen molar-refractivity contribution in [1.82, 2.24) is 4.31 Å². The van der Waals surface area contributed by atoms with Gasteiger partial charge in [-0.25, -0.2) is 8.42 Å². The Bertz CT molecular complexity index is 725. The van der Waals surface area contributed by atoms with Crippen molar-refractivity contribution >= 4 is 27.3 Å². The van der Waals surface area contributed by atoms with Gasteiger partial charge < -0.3 is 10.2 Å². The average molecular weight is 315 g/mol. The van der Waals surface area contributed by atoms with Crippen molar-refractivity contribution in [1.29, 1.82) is 0 Å². The molecule has 5 nitrogen and oxygen atoms in total. The number of nitrogens with two attached hydrogens (primary N) is 1. The molecule has 20 heavy (non-hydrogen) atoms. The molecule has 108 valence electrons. The fraction of sp³-hybridized carbons (Fsp3) is 0.231. The first-order valence-electron chi connectivity index (χ1n) is 5.86. The van der Waals surface area contributed by atoms with Gasteiger partial charge in [0, 0.05) is 24.8 Å². The minimum absolute atomic E-state index is 0.0389. The summed E-state index contributed by atoms with van der Waals surface area (Å²) in [5.41, 5.74) is 6.80. The Labute approximate surface area is 123 Å². The molecule has 0 spiro atoms. The highest BCUT2D eigenvalue weighted by atomic mass is 35.5. The van der Waals surface area contributed by atoms with Crippen LogP contribution in [0.4, 0.5) is 5.69 Å². The Morgan fingerprint density at radius 1 is 1.35 bits per heavy atom. The van der Waals surface area contributed by atoms with Crippen molar-refractivity contribution in [3.8, 4) is 0 Å². The lowest BCUT2D eigenvalue weighted by Gasteiger charge is -2.17. The fourth-order valence-electron chi connectivity index (χ4n) is 1.79. The molecule has 2 rings (SSSR count). The van der Waals surface area contributed by atoms with Gasteiger partial charge in [0.15, 0.2) is 0 Å². The molecule has 1 aromatic carbocycles. The molecule has 7 heteroatoms. The topological polar surface area (TPSA) is 76.5 Å². The van der Waals surface area contributed by atoms with Crippen molar-refractivity contribution in [2.45, 2.75) is 18.4 Å². The summed E-state index contributed by atoms with van der Waals surface area (Å²) in [4.78, 5) is 0.0389. The number of anilines is 1. The van der Waals surface area contributed by atoms with Crippen LogP contribution in [0.15, 0.2) is 39.8 Å². The quantitative estimate of drug-likeness (QED) is 0.880. The second-order valence-electron chi connectivity index (χ2n) is 4.45. The van der Waals surface area contributed by atoms with Crippen LogP contribution in [0, 0.1) is 6.92 Å². The highest BCUT2D eigenvalue weighted by Crippen LogP contribution is 2.27. The van der Waals surface area contributed by atoms with Crippen molar-refractivity contribution in [2.24, 2.45) is 0 Å². The van der Waals surface area contributed by atoms with Gasteiger partial charge in [-0.2, -0.15) is 4.31 Å². The number of benzene rings is 1. The van der Waals surface area contributed by atoms with Gasteiger partial charge in [0.2, 0.25) is 10.0 Å². The monoisotopic (exact) mass is 314 g/mol. The molecule has 1 heterocycles. The van der Waals surface area contributed by atoms with E-state index < -0.39 is 10.0 Å². The fourth-order valence-corrected chi connectivity index (χ4v) is 3.47. The zero-order valence-corrected chi connectivity index (χ0v) is 12.7. The van der Waals surface area contributed by atoms with Gasteiger partial charge in [0.1, 0.15) is 10.7 Å². The van der Waals surface area contributed by atoms with Crippen LogP contribution in [0.3, 0.4) is 0 Å². The molecule has 0 aliphatic carbocycles. The molecule has 0 aliphatic heterocycles. The lowest BCUT2D eigenvalue weighted by molar-refractivity contribution is 0.459. The van der Waals surface area contributed by atoms with Crippen LogP contribution in [0.1, 0.15) is 11.3 Å². The lowest BCUT2D eigenvalue weighted by atomic mass is 10.3. The molecule has 1 aromatic heterocycles. The molecule has 0 bridgehead atoms. The molecule has 2 N–H and O–H groups in total. The number of nitrogens with zero attached hydrogens (tertiary/aromatic N) is 1. The van der Waals surface area contributed by atoms with Gasteiger partial charge in [-0.3, -0.25) is 0 Å². The summed E-state index contributed by atoms with van der Waals surface area (Å²) < 4.78 is 31.3. The summed E-state index contributed by atoms with van der Waals surface area (Å²) in [7, 11) is -2.18. The van der Waals surface area contributed by atoms with E-state index in [1.54, 1.807) is 13.0 Å². The van der Waals surface area contributed by atoms with E-state index in [1.807, 2.05) is 0 Å². The predicted molar refractivity (Wildman–Crippen MR) is 78.0 cm³/mol. The molecular formula is C13H15ClN2O3S. The minimum Gasteiger partial charge on any atom is -0.469 e. The lowest BCUT2D eigenvalue weighted by Crippen LogP contribution is -2.26. The smallest absolute Gasteiger partial charge is 0.244 e. The first-order valence-corrected chi connectivity index (χ1v) is 7.68. The maximum atomic E-state index is 12.5. The van der Waals surface area contributed by atoms with Crippen LogP contribution in [-0.2, 0) is 16.6 Å². The number of sulfonamides is 1. The van der Waals surface area contributed by atoms with Gasteiger partial charge in [0.25, 0.3) is 0 Å². The zero-order chi connectivity index (χ0) is 14.9. The maximum absolute atomic E-state index is 12.5. The van der Waals surface area contributed by atoms with E-state index in [9.17, 15) is 8.42 Å². The number of rotatable bonds is 4. The summed E-state index contributed by atoms with van der Waals surface area (Å²) >= 11 is 5.97. The Morgan fingerprint density at radius 3 is 2.60 bits per heavy atom. The standard InChI is InChI=1S/C13H15ClN2O3S/c1-9-10(5-6-19-9)8-16(2)20(17,18)13-4-3-11(15)7-12(13)14/h3-7H,8,15H2,1-2H3. The number of halogens is 1.